The second-order valence-electron chi connectivity index (χ2n) is 5.89. The van der Waals surface area contributed by atoms with E-state index in [0.29, 0.717) is 27.6 Å². The molecule has 0 radical (unpaired) electrons. The summed E-state index contributed by atoms with van der Waals surface area (Å²) in [5.74, 6) is 1.00. The second kappa shape index (κ2) is 7.55. The lowest BCUT2D eigenvalue weighted by atomic mass is 10.1. The number of rotatable bonds is 4. The molecule has 28 heavy (non-hydrogen) atoms. The Balaban J connectivity index is 1.60. The summed E-state index contributed by atoms with van der Waals surface area (Å²) < 4.78 is 15.4. The van der Waals surface area contributed by atoms with Crippen LogP contribution >= 0.6 is 11.3 Å². The monoisotopic (exact) mass is 390 g/mol. The van der Waals surface area contributed by atoms with Crippen molar-refractivity contribution in [1.29, 1.82) is 5.26 Å². The van der Waals surface area contributed by atoms with Crippen LogP contribution in [0.3, 0.4) is 0 Å². The van der Waals surface area contributed by atoms with Crippen LogP contribution in [-0.2, 0) is 4.74 Å². The lowest BCUT2D eigenvalue weighted by Gasteiger charge is -2.00. The Morgan fingerprint density at radius 2 is 2.00 bits per heavy atom. The minimum Gasteiger partial charge on any atom is -0.465 e. The smallest absolute Gasteiger partial charge is 0.337 e. The van der Waals surface area contributed by atoms with Crippen molar-refractivity contribution in [3.63, 3.8) is 0 Å². The van der Waals surface area contributed by atoms with Gasteiger partial charge in [0.25, 0.3) is 0 Å². The van der Waals surface area contributed by atoms with E-state index < -0.39 is 5.97 Å². The van der Waals surface area contributed by atoms with Crippen molar-refractivity contribution in [2.24, 2.45) is 0 Å². The lowest BCUT2D eigenvalue weighted by molar-refractivity contribution is 0.0600. The van der Waals surface area contributed by atoms with Gasteiger partial charge in [0.1, 0.15) is 11.1 Å². The Morgan fingerprint density at radius 1 is 1.21 bits per heavy atom. The molecule has 6 nitrogen and oxygen atoms in total. The Labute approximate surface area is 165 Å². The summed E-state index contributed by atoms with van der Waals surface area (Å²) in [6.45, 7) is 0.219. The zero-order chi connectivity index (χ0) is 19.5. The van der Waals surface area contributed by atoms with Crippen molar-refractivity contribution in [3.05, 3.63) is 64.0 Å². The van der Waals surface area contributed by atoms with Gasteiger partial charge in [0.2, 0.25) is 6.79 Å². The third kappa shape index (κ3) is 3.46. The van der Waals surface area contributed by atoms with Gasteiger partial charge in [-0.1, -0.05) is 12.1 Å². The van der Waals surface area contributed by atoms with Gasteiger partial charge in [-0.2, -0.15) is 5.26 Å². The zero-order valence-corrected chi connectivity index (χ0v) is 15.7. The molecule has 0 saturated heterocycles. The number of benzene rings is 2. The van der Waals surface area contributed by atoms with Crippen LogP contribution < -0.4 is 9.47 Å². The quantitative estimate of drug-likeness (QED) is 0.485. The molecule has 0 N–H and O–H groups in total. The average Bonchev–Trinajstić information content (AvgIpc) is 3.40. The van der Waals surface area contributed by atoms with Gasteiger partial charge < -0.3 is 14.2 Å². The number of ether oxygens (including phenoxy) is 3. The average molecular weight is 390 g/mol. The molecule has 1 aliphatic rings. The third-order valence-electron chi connectivity index (χ3n) is 4.17. The van der Waals surface area contributed by atoms with Gasteiger partial charge in [0, 0.05) is 10.9 Å². The third-order valence-corrected chi connectivity index (χ3v) is 5.04. The Kier molecular flexibility index (Phi) is 4.79. The molecular weight excluding hydrogens is 376 g/mol. The van der Waals surface area contributed by atoms with Crippen molar-refractivity contribution in [3.8, 4) is 28.8 Å². The van der Waals surface area contributed by atoms with Crippen molar-refractivity contribution in [1.82, 2.24) is 4.98 Å². The number of aromatic nitrogens is 1. The molecule has 1 aliphatic heterocycles. The summed E-state index contributed by atoms with van der Waals surface area (Å²) in [6, 6.07) is 14.7. The highest BCUT2D eigenvalue weighted by molar-refractivity contribution is 7.11. The molecule has 0 bridgehead atoms. The van der Waals surface area contributed by atoms with Gasteiger partial charge in [0.15, 0.2) is 11.5 Å². The van der Waals surface area contributed by atoms with Gasteiger partial charge in [0.05, 0.1) is 23.9 Å². The fraction of sp³-hybridized carbons (Fsp3) is 0.0952. The van der Waals surface area contributed by atoms with Crippen molar-refractivity contribution >= 4 is 29.0 Å². The summed E-state index contributed by atoms with van der Waals surface area (Å²) in [5.41, 5.74) is 3.36. The van der Waals surface area contributed by atoms with Gasteiger partial charge in [-0.15, -0.1) is 11.3 Å². The minimum atomic E-state index is -0.399. The van der Waals surface area contributed by atoms with E-state index in [2.05, 4.69) is 15.8 Å². The largest absolute Gasteiger partial charge is 0.465 e. The Morgan fingerprint density at radius 3 is 2.75 bits per heavy atom. The number of methoxy groups -OCH3 is 1. The number of esters is 1. The molecule has 3 aromatic rings. The number of nitriles is 1. The van der Waals surface area contributed by atoms with E-state index >= 15 is 0 Å². The van der Waals surface area contributed by atoms with Crippen LogP contribution in [0.25, 0.3) is 22.9 Å². The predicted octanol–water partition coefficient (Wildman–Crippen LogP) is 4.39. The van der Waals surface area contributed by atoms with Crippen LogP contribution in [0.4, 0.5) is 0 Å². The number of hydrogen-bond donors (Lipinski definition) is 0. The number of carbonyl (C=O) groups is 1. The standard InChI is InChI=1S/C21H14N2O4S/c1-25-21(24)14-4-2-13(3-5-14)8-16(10-22)20-23-17(11-28-20)15-6-7-18-19(9-15)27-12-26-18/h2-9,11H,12H2,1H3/b16-8+. The van der Waals surface area contributed by atoms with Gasteiger partial charge >= 0.3 is 5.97 Å². The minimum absolute atomic E-state index is 0.219. The fourth-order valence-corrected chi connectivity index (χ4v) is 3.52. The first kappa shape index (κ1) is 17.8. The predicted molar refractivity (Wildman–Crippen MR) is 105 cm³/mol. The first-order chi connectivity index (χ1) is 13.7. The first-order valence-electron chi connectivity index (χ1n) is 8.34. The van der Waals surface area contributed by atoms with E-state index in [9.17, 15) is 10.1 Å². The molecule has 0 fully saturated rings. The van der Waals surface area contributed by atoms with Gasteiger partial charge in [-0.05, 0) is 42.0 Å². The van der Waals surface area contributed by atoms with Gasteiger partial charge in [-0.3, -0.25) is 0 Å². The zero-order valence-electron chi connectivity index (χ0n) is 14.8. The maximum atomic E-state index is 11.5. The van der Waals surface area contributed by atoms with Crippen LogP contribution in [0.1, 0.15) is 20.9 Å². The lowest BCUT2D eigenvalue weighted by Crippen LogP contribution is -2.00. The number of hydrogen-bond acceptors (Lipinski definition) is 7. The van der Waals surface area contributed by atoms with Crippen LogP contribution in [0.5, 0.6) is 11.5 Å². The number of carbonyl (C=O) groups excluding carboxylic acids is 1. The molecule has 1 aromatic heterocycles. The van der Waals surface area contributed by atoms with E-state index in [1.54, 1.807) is 30.3 Å². The molecule has 2 aromatic carbocycles. The number of nitrogens with zero attached hydrogens (tertiary/aromatic N) is 2. The Hall–Kier alpha value is -3.63. The van der Waals surface area contributed by atoms with Gasteiger partial charge in [-0.25, -0.2) is 9.78 Å². The van der Waals surface area contributed by atoms with Crippen LogP contribution in [0, 0.1) is 11.3 Å². The summed E-state index contributed by atoms with van der Waals surface area (Å²) in [6.07, 6.45) is 1.74. The molecule has 2 heterocycles. The number of allylic oxidation sites excluding steroid dienone is 1. The highest BCUT2D eigenvalue weighted by atomic mass is 32.1. The second-order valence-corrected chi connectivity index (χ2v) is 6.75. The molecule has 138 valence electrons. The Bertz CT molecular complexity index is 1110. The molecule has 0 saturated carbocycles. The van der Waals surface area contributed by atoms with Crippen molar-refractivity contribution in [2.75, 3.05) is 13.9 Å². The molecular formula is C21H14N2O4S. The first-order valence-corrected chi connectivity index (χ1v) is 9.22. The van der Waals surface area contributed by atoms with E-state index in [1.807, 2.05) is 23.6 Å². The van der Waals surface area contributed by atoms with Crippen LogP contribution in [-0.4, -0.2) is 24.9 Å². The van der Waals surface area contributed by atoms with Crippen LogP contribution in [0.15, 0.2) is 47.8 Å². The van der Waals surface area contributed by atoms with Crippen molar-refractivity contribution < 1.29 is 19.0 Å². The number of fused-ring (bicyclic) bond motifs is 1. The van der Waals surface area contributed by atoms with Crippen LogP contribution in [0.2, 0.25) is 0 Å². The normalized spacial score (nSPS) is 12.5. The van der Waals surface area contributed by atoms with E-state index in [4.69, 9.17) is 9.47 Å². The summed E-state index contributed by atoms with van der Waals surface area (Å²) >= 11 is 1.39. The molecule has 0 unspecified atom stereocenters. The topological polar surface area (TPSA) is 81.4 Å². The molecule has 7 heteroatoms. The molecule has 0 aliphatic carbocycles. The SMILES string of the molecule is COC(=O)c1ccc(/C=C(\C#N)c2nc(-c3ccc4c(c3)OCO4)cs2)cc1. The molecule has 0 spiro atoms. The van der Waals surface area contributed by atoms with E-state index in [-0.39, 0.29) is 6.79 Å². The molecule has 0 atom stereocenters. The summed E-state index contributed by atoms with van der Waals surface area (Å²) in [4.78, 5) is 16.1. The van der Waals surface area contributed by atoms with E-state index in [1.165, 1.54) is 18.4 Å². The summed E-state index contributed by atoms with van der Waals surface area (Å²) in [5, 5.41) is 12.1. The molecule has 0 amide bonds. The highest BCUT2D eigenvalue weighted by Crippen LogP contribution is 2.36. The van der Waals surface area contributed by atoms with E-state index in [0.717, 1.165) is 16.8 Å². The maximum Gasteiger partial charge on any atom is 0.337 e. The summed E-state index contributed by atoms with van der Waals surface area (Å²) in [7, 11) is 1.34. The number of thiazole rings is 1. The molecule has 4 rings (SSSR count). The fourth-order valence-electron chi connectivity index (χ4n) is 2.73. The maximum absolute atomic E-state index is 11.5. The van der Waals surface area contributed by atoms with Crippen molar-refractivity contribution in [2.45, 2.75) is 0 Å². The highest BCUT2D eigenvalue weighted by Gasteiger charge is 2.16.